The van der Waals surface area contributed by atoms with Gasteiger partial charge in [-0.25, -0.2) is 4.98 Å². The Morgan fingerprint density at radius 3 is 2.50 bits per heavy atom. The largest absolute Gasteiger partial charge is 0.279 e. The number of hydrogen-bond acceptors (Lipinski definition) is 3. The molecule has 0 fully saturated rings. The smallest absolute Gasteiger partial charge is 0.181 e. The first-order chi connectivity index (χ1) is 12.5. The Kier molecular flexibility index (Phi) is 3.98. The summed E-state index contributed by atoms with van der Waals surface area (Å²) in [5.41, 5.74) is 6.95. The fraction of sp³-hybridized carbons (Fsp3) is 0.318. The summed E-state index contributed by atoms with van der Waals surface area (Å²) in [4.78, 5) is 9.52. The third-order valence-corrected chi connectivity index (χ3v) is 5.37. The Labute approximate surface area is 154 Å². The Balaban J connectivity index is 1.71. The molecule has 26 heavy (non-hydrogen) atoms. The molecular weight excluding hydrogens is 320 g/mol. The highest BCUT2D eigenvalue weighted by molar-refractivity contribution is 6.15. The lowest BCUT2D eigenvalue weighted by molar-refractivity contribution is 0.475. The summed E-state index contributed by atoms with van der Waals surface area (Å²) in [6.45, 7) is 9.37. The van der Waals surface area contributed by atoms with Crippen LogP contribution in [0.5, 0.6) is 0 Å². The van der Waals surface area contributed by atoms with Crippen molar-refractivity contribution in [1.29, 1.82) is 0 Å². The van der Waals surface area contributed by atoms with Crippen LogP contribution >= 0.6 is 0 Å². The quantitative estimate of drug-likeness (QED) is 0.738. The molecule has 4 rings (SSSR count). The topological polar surface area (TPSA) is 53.9 Å². The fourth-order valence-electron chi connectivity index (χ4n) is 3.14. The van der Waals surface area contributed by atoms with Gasteiger partial charge in [0.15, 0.2) is 5.82 Å². The zero-order chi connectivity index (χ0) is 18.3. The summed E-state index contributed by atoms with van der Waals surface area (Å²) in [7, 11) is 0. The maximum absolute atomic E-state index is 4.76. The zero-order valence-corrected chi connectivity index (χ0v) is 15.8. The summed E-state index contributed by atoms with van der Waals surface area (Å²) in [6, 6.07) is 15.0. The number of H-pyrrole nitrogens is 1. The molecule has 0 bridgehead atoms. The number of aryl methyl sites for hydroxylation is 1. The molecule has 0 saturated carbocycles. The van der Waals surface area contributed by atoms with Gasteiger partial charge in [-0.3, -0.25) is 10.1 Å². The van der Waals surface area contributed by atoms with E-state index in [4.69, 9.17) is 9.98 Å². The van der Waals surface area contributed by atoms with Crippen LogP contribution in [0.1, 0.15) is 55.3 Å². The van der Waals surface area contributed by atoms with Crippen molar-refractivity contribution >= 4 is 5.71 Å². The van der Waals surface area contributed by atoms with Gasteiger partial charge >= 0.3 is 0 Å². The van der Waals surface area contributed by atoms with Crippen LogP contribution in [0.2, 0.25) is 0 Å². The van der Waals surface area contributed by atoms with E-state index in [0.29, 0.717) is 0 Å². The lowest BCUT2D eigenvalue weighted by atomic mass is 9.89. The minimum Gasteiger partial charge on any atom is -0.279 e. The van der Waals surface area contributed by atoms with Crippen LogP contribution in [0.25, 0.3) is 11.4 Å². The molecule has 2 heterocycles. The van der Waals surface area contributed by atoms with Gasteiger partial charge < -0.3 is 0 Å². The van der Waals surface area contributed by atoms with Gasteiger partial charge in [-0.1, -0.05) is 62.7 Å². The minimum atomic E-state index is -0.00348. The van der Waals surface area contributed by atoms with Crippen molar-refractivity contribution < 1.29 is 0 Å². The standard InChI is InChI=1S/C22H24N4/c1-5-22(3,4)21-24-20(25-26-21)16-10-11-17-13-23-19(18(17)12-16)15-8-6-14(2)7-9-15/h6-12H,5,13H2,1-4H3,(H,24,25,26). The van der Waals surface area contributed by atoms with E-state index in [1.54, 1.807) is 0 Å². The normalized spacial score (nSPS) is 13.6. The van der Waals surface area contributed by atoms with E-state index < -0.39 is 0 Å². The maximum Gasteiger partial charge on any atom is 0.181 e. The van der Waals surface area contributed by atoms with Crippen molar-refractivity contribution in [3.63, 3.8) is 0 Å². The molecule has 0 amide bonds. The van der Waals surface area contributed by atoms with E-state index in [1.165, 1.54) is 16.7 Å². The first-order valence-corrected chi connectivity index (χ1v) is 9.16. The van der Waals surface area contributed by atoms with Crippen molar-refractivity contribution in [3.05, 3.63) is 70.5 Å². The molecule has 1 aliphatic heterocycles. The number of aromatic nitrogens is 3. The van der Waals surface area contributed by atoms with E-state index in [2.05, 4.69) is 80.4 Å². The Morgan fingerprint density at radius 2 is 1.77 bits per heavy atom. The molecule has 1 aliphatic rings. The predicted molar refractivity (Wildman–Crippen MR) is 106 cm³/mol. The van der Waals surface area contributed by atoms with Gasteiger partial charge in [-0.15, -0.1) is 0 Å². The number of rotatable bonds is 4. The van der Waals surface area contributed by atoms with Crippen molar-refractivity contribution in [2.24, 2.45) is 4.99 Å². The van der Waals surface area contributed by atoms with Crippen LogP contribution in [-0.2, 0) is 12.0 Å². The van der Waals surface area contributed by atoms with Crippen LogP contribution in [0.4, 0.5) is 0 Å². The van der Waals surface area contributed by atoms with E-state index >= 15 is 0 Å². The summed E-state index contributed by atoms with van der Waals surface area (Å²) >= 11 is 0. The number of nitrogens with one attached hydrogen (secondary N) is 1. The van der Waals surface area contributed by atoms with Crippen molar-refractivity contribution in [3.8, 4) is 11.4 Å². The molecule has 4 nitrogen and oxygen atoms in total. The van der Waals surface area contributed by atoms with Crippen molar-refractivity contribution in [2.45, 2.75) is 46.1 Å². The van der Waals surface area contributed by atoms with Gasteiger partial charge in [0.25, 0.3) is 0 Å². The first kappa shape index (κ1) is 16.7. The Morgan fingerprint density at radius 1 is 1.04 bits per heavy atom. The van der Waals surface area contributed by atoms with E-state index in [1.807, 2.05) is 0 Å². The zero-order valence-electron chi connectivity index (χ0n) is 15.8. The van der Waals surface area contributed by atoms with Gasteiger partial charge in [-0.05, 0) is 25.0 Å². The molecule has 0 radical (unpaired) electrons. The van der Waals surface area contributed by atoms with Crippen LogP contribution in [0, 0.1) is 6.92 Å². The Bertz CT molecular complexity index is 978. The number of aliphatic imine (C=N–C) groups is 1. The summed E-state index contributed by atoms with van der Waals surface area (Å²) in [5, 5.41) is 7.58. The molecular formula is C22H24N4. The van der Waals surface area contributed by atoms with Gasteiger partial charge in [-0.2, -0.15) is 5.10 Å². The summed E-state index contributed by atoms with van der Waals surface area (Å²) in [5.74, 6) is 1.68. The van der Waals surface area contributed by atoms with Crippen LogP contribution < -0.4 is 0 Å². The molecule has 3 aromatic rings. The van der Waals surface area contributed by atoms with Gasteiger partial charge in [0.2, 0.25) is 0 Å². The fourth-order valence-corrected chi connectivity index (χ4v) is 3.14. The highest BCUT2D eigenvalue weighted by atomic mass is 15.2. The molecule has 0 spiro atoms. The van der Waals surface area contributed by atoms with Gasteiger partial charge in [0.1, 0.15) is 5.82 Å². The number of nitrogens with zero attached hydrogens (tertiary/aromatic N) is 3. The average Bonchev–Trinajstić information content (AvgIpc) is 3.29. The molecule has 1 N–H and O–H groups in total. The summed E-state index contributed by atoms with van der Waals surface area (Å²) in [6.07, 6.45) is 1.01. The van der Waals surface area contributed by atoms with E-state index in [0.717, 1.165) is 41.5 Å². The van der Waals surface area contributed by atoms with E-state index in [9.17, 15) is 0 Å². The highest BCUT2D eigenvalue weighted by Gasteiger charge is 2.24. The van der Waals surface area contributed by atoms with Crippen LogP contribution in [0.15, 0.2) is 47.5 Å². The number of fused-ring (bicyclic) bond motifs is 1. The van der Waals surface area contributed by atoms with Crippen LogP contribution in [-0.4, -0.2) is 20.9 Å². The monoisotopic (exact) mass is 344 g/mol. The molecule has 0 atom stereocenters. The summed E-state index contributed by atoms with van der Waals surface area (Å²) < 4.78 is 0. The van der Waals surface area contributed by atoms with Crippen LogP contribution in [0.3, 0.4) is 0 Å². The molecule has 4 heteroatoms. The van der Waals surface area contributed by atoms with Gasteiger partial charge in [0.05, 0.1) is 12.3 Å². The second-order valence-corrected chi connectivity index (χ2v) is 7.65. The third-order valence-electron chi connectivity index (χ3n) is 5.37. The highest BCUT2D eigenvalue weighted by Crippen LogP contribution is 2.29. The maximum atomic E-state index is 4.76. The molecule has 2 aromatic carbocycles. The number of aromatic amines is 1. The molecule has 0 aliphatic carbocycles. The number of benzene rings is 2. The average molecular weight is 344 g/mol. The SMILES string of the molecule is CCC(C)(C)c1nc(-c2ccc3c(c2)C(c2ccc(C)cc2)=NC3)n[nH]1. The lowest BCUT2D eigenvalue weighted by Crippen LogP contribution is -2.17. The molecule has 1 aromatic heterocycles. The second-order valence-electron chi connectivity index (χ2n) is 7.65. The second kappa shape index (κ2) is 6.20. The minimum absolute atomic E-state index is 0.00348. The molecule has 0 saturated heterocycles. The first-order valence-electron chi connectivity index (χ1n) is 9.16. The Hall–Kier alpha value is -2.75. The van der Waals surface area contributed by atoms with Crippen molar-refractivity contribution in [2.75, 3.05) is 0 Å². The predicted octanol–water partition coefficient (Wildman–Crippen LogP) is 4.82. The number of hydrogen-bond donors (Lipinski definition) is 1. The molecule has 0 unspecified atom stereocenters. The van der Waals surface area contributed by atoms with E-state index in [-0.39, 0.29) is 5.41 Å². The lowest BCUT2D eigenvalue weighted by Gasteiger charge is -2.18. The molecule has 132 valence electrons. The van der Waals surface area contributed by atoms with Crippen molar-refractivity contribution in [1.82, 2.24) is 15.2 Å². The van der Waals surface area contributed by atoms with Gasteiger partial charge in [0, 0.05) is 22.1 Å². The third kappa shape index (κ3) is 2.85.